The molecule has 0 aromatic heterocycles. The summed E-state index contributed by atoms with van der Waals surface area (Å²) in [4.78, 5) is 2.28. The molecule has 0 unspecified atom stereocenters. The van der Waals surface area contributed by atoms with Gasteiger partial charge in [-0.1, -0.05) is 60.2 Å². The maximum absolute atomic E-state index is 12.6. The van der Waals surface area contributed by atoms with Gasteiger partial charge in [-0.2, -0.15) is 0 Å². The molecule has 4 nitrogen and oxygen atoms in total. The van der Waals surface area contributed by atoms with Crippen LogP contribution in [0.15, 0.2) is 54.6 Å². The van der Waals surface area contributed by atoms with Gasteiger partial charge in [-0.05, 0) is 24.5 Å². The van der Waals surface area contributed by atoms with Crippen LogP contribution in [0.3, 0.4) is 0 Å². The molecule has 4 rings (SSSR count). The van der Waals surface area contributed by atoms with Gasteiger partial charge >= 0.3 is 0 Å². The summed E-state index contributed by atoms with van der Waals surface area (Å²) in [7, 11) is -3.03. The van der Waals surface area contributed by atoms with Gasteiger partial charge < -0.3 is 4.74 Å². The second kappa shape index (κ2) is 7.74. The van der Waals surface area contributed by atoms with E-state index in [4.69, 9.17) is 4.74 Å². The molecule has 2 heterocycles. The molecule has 2 aliphatic rings. The first kappa shape index (κ1) is 18.7. The Labute approximate surface area is 162 Å². The Bertz CT molecular complexity index is 864. The first-order chi connectivity index (χ1) is 13.0. The van der Waals surface area contributed by atoms with Crippen molar-refractivity contribution in [1.29, 1.82) is 0 Å². The number of sulfone groups is 1. The van der Waals surface area contributed by atoms with Gasteiger partial charge in [0, 0.05) is 25.6 Å². The van der Waals surface area contributed by atoms with E-state index in [0.717, 1.165) is 18.7 Å². The van der Waals surface area contributed by atoms with Crippen molar-refractivity contribution < 1.29 is 13.2 Å². The molecule has 144 valence electrons. The number of fused-ring (bicyclic) bond motifs is 1. The van der Waals surface area contributed by atoms with Crippen LogP contribution in [-0.4, -0.2) is 43.5 Å². The van der Waals surface area contributed by atoms with Crippen molar-refractivity contribution in [3.63, 3.8) is 0 Å². The summed E-state index contributed by atoms with van der Waals surface area (Å²) >= 11 is 0. The van der Waals surface area contributed by atoms with Crippen LogP contribution in [-0.2, 0) is 27.7 Å². The molecule has 27 heavy (non-hydrogen) atoms. The fourth-order valence-electron chi connectivity index (χ4n) is 4.33. The van der Waals surface area contributed by atoms with E-state index in [2.05, 4.69) is 48.2 Å². The van der Waals surface area contributed by atoms with E-state index in [1.54, 1.807) is 0 Å². The summed E-state index contributed by atoms with van der Waals surface area (Å²) in [5.74, 6) is 0.310. The summed E-state index contributed by atoms with van der Waals surface area (Å²) in [6, 6.07) is 18.6. The first-order valence-electron chi connectivity index (χ1n) is 9.66. The van der Waals surface area contributed by atoms with Gasteiger partial charge in [0.25, 0.3) is 0 Å². The highest BCUT2D eigenvalue weighted by molar-refractivity contribution is 7.92. The summed E-state index contributed by atoms with van der Waals surface area (Å²) in [6.45, 7) is 4.83. The molecule has 2 aliphatic heterocycles. The van der Waals surface area contributed by atoms with Gasteiger partial charge in [0.2, 0.25) is 0 Å². The average molecular weight is 386 g/mol. The van der Waals surface area contributed by atoms with Gasteiger partial charge in [0.1, 0.15) is 0 Å². The van der Waals surface area contributed by atoms with E-state index in [1.165, 1.54) is 11.1 Å². The Morgan fingerprint density at radius 3 is 2.48 bits per heavy atom. The van der Waals surface area contributed by atoms with Gasteiger partial charge in [0.15, 0.2) is 9.84 Å². The van der Waals surface area contributed by atoms with E-state index >= 15 is 0 Å². The number of hydrogen-bond donors (Lipinski definition) is 0. The lowest BCUT2D eigenvalue weighted by Crippen LogP contribution is -2.44. The SMILES string of the molecule is Cc1ccc(CN2C[C@H]3[C@@H](C2)S(=O)(=O)CC[C@H]3OCc2ccccc2)cc1. The molecule has 2 saturated heterocycles. The fraction of sp³-hybridized carbons (Fsp3) is 0.455. The smallest absolute Gasteiger partial charge is 0.154 e. The van der Waals surface area contributed by atoms with Crippen molar-refractivity contribution in [1.82, 2.24) is 4.90 Å². The van der Waals surface area contributed by atoms with E-state index in [-0.39, 0.29) is 23.0 Å². The normalized spacial score (nSPS) is 27.4. The first-order valence-corrected chi connectivity index (χ1v) is 11.4. The van der Waals surface area contributed by atoms with Crippen molar-refractivity contribution in [2.75, 3.05) is 18.8 Å². The minimum absolute atomic E-state index is 0.0155. The summed E-state index contributed by atoms with van der Waals surface area (Å²) in [5.41, 5.74) is 3.61. The molecule has 2 aromatic carbocycles. The zero-order valence-corrected chi connectivity index (χ0v) is 16.6. The van der Waals surface area contributed by atoms with Crippen LogP contribution < -0.4 is 0 Å². The maximum atomic E-state index is 12.6. The number of benzene rings is 2. The van der Waals surface area contributed by atoms with Crippen LogP contribution in [0.4, 0.5) is 0 Å². The van der Waals surface area contributed by atoms with Gasteiger partial charge in [-0.3, -0.25) is 4.90 Å². The van der Waals surface area contributed by atoms with Crippen molar-refractivity contribution in [3.05, 3.63) is 71.3 Å². The van der Waals surface area contributed by atoms with Crippen molar-refractivity contribution in [2.24, 2.45) is 5.92 Å². The van der Waals surface area contributed by atoms with Crippen molar-refractivity contribution >= 4 is 9.84 Å². The molecule has 0 saturated carbocycles. The van der Waals surface area contributed by atoms with E-state index < -0.39 is 9.84 Å². The molecule has 2 aromatic rings. The van der Waals surface area contributed by atoms with Gasteiger partial charge in [0.05, 0.1) is 23.7 Å². The molecular formula is C22H27NO3S. The Hall–Kier alpha value is -1.69. The van der Waals surface area contributed by atoms with E-state index in [0.29, 0.717) is 19.6 Å². The third kappa shape index (κ3) is 4.26. The molecule has 0 aliphatic carbocycles. The highest BCUT2D eigenvalue weighted by atomic mass is 32.2. The Kier molecular flexibility index (Phi) is 5.35. The Morgan fingerprint density at radius 2 is 1.74 bits per heavy atom. The number of nitrogens with zero attached hydrogens (tertiary/aromatic N) is 1. The lowest BCUT2D eigenvalue weighted by Gasteiger charge is -2.32. The summed E-state index contributed by atoms with van der Waals surface area (Å²) in [6.07, 6.45) is 0.621. The molecule has 0 amide bonds. The zero-order chi connectivity index (χ0) is 18.9. The summed E-state index contributed by atoms with van der Waals surface area (Å²) in [5, 5.41) is -0.294. The lowest BCUT2D eigenvalue weighted by molar-refractivity contribution is -0.000962. The minimum Gasteiger partial charge on any atom is -0.373 e. The predicted octanol–water partition coefficient (Wildman–Crippen LogP) is 3.20. The lowest BCUT2D eigenvalue weighted by atomic mass is 9.98. The second-order valence-electron chi connectivity index (χ2n) is 7.87. The molecule has 0 spiro atoms. The van der Waals surface area contributed by atoms with E-state index in [9.17, 15) is 8.42 Å². The van der Waals surface area contributed by atoms with Crippen molar-refractivity contribution in [3.8, 4) is 0 Å². The van der Waals surface area contributed by atoms with Crippen LogP contribution in [0, 0.1) is 12.8 Å². The molecule has 0 N–H and O–H groups in total. The van der Waals surface area contributed by atoms with E-state index in [1.807, 2.05) is 18.2 Å². The van der Waals surface area contributed by atoms with Gasteiger partial charge in [-0.15, -0.1) is 0 Å². The second-order valence-corrected chi connectivity index (χ2v) is 10.2. The van der Waals surface area contributed by atoms with Crippen molar-refractivity contribution in [2.45, 2.75) is 37.9 Å². The van der Waals surface area contributed by atoms with Crippen LogP contribution in [0.25, 0.3) is 0 Å². The van der Waals surface area contributed by atoms with Crippen LogP contribution >= 0.6 is 0 Å². The molecule has 0 bridgehead atoms. The Balaban J connectivity index is 1.44. The highest BCUT2D eigenvalue weighted by Gasteiger charge is 2.48. The molecule has 3 atom stereocenters. The fourth-order valence-corrected chi connectivity index (χ4v) is 6.42. The molecule has 0 radical (unpaired) electrons. The van der Waals surface area contributed by atoms with Gasteiger partial charge in [-0.25, -0.2) is 8.42 Å². The number of rotatable bonds is 5. The minimum atomic E-state index is -3.03. The topological polar surface area (TPSA) is 46.6 Å². The zero-order valence-electron chi connectivity index (χ0n) is 15.8. The maximum Gasteiger partial charge on any atom is 0.154 e. The monoisotopic (exact) mass is 385 g/mol. The predicted molar refractivity (Wildman–Crippen MR) is 107 cm³/mol. The quantitative estimate of drug-likeness (QED) is 0.793. The number of ether oxygens (including phenoxy) is 1. The highest BCUT2D eigenvalue weighted by Crippen LogP contribution is 2.35. The molecular weight excluding hydrogens is 358 g/mol. The Morgan fingerprint density at radius 1 is 1.00 bits per heavy atom. The summed E-state index contributed by atoms with van der Waals surface area (Å²) < 4.78 is 31.5. The number of hydrogen-bond acceptors (Lipinski definition) is 4. The standard InChI is InChI=1S/C22H27NO3S/c1-17-7-9-18(10-8-17)13-23-14-20-21(11-12-27(24,25)22(20)15-23)26-16-19-5-3-2-4-6-19/h2-10,20-22H,11-16H2,1H3/t20-,21-,22-/m1/s1. The third-order valence-corrected chi connectivity index (χ3v) is 8.07. The average Bonchev–Trinajstić information content (AvgIpc) is 3.09. The van der Waals surface area contributed by atoms with Crippen LogP contribution in [0.1, 0.15) is 23.1 Å². The van der Waals surface area contributed by atoms with Crippen LogP contribution in [0.2, 0.25) is 0 Å². The number of aryl methyl sites for hydroxylation is 1. The van der Waals surface area contributed by atoms with Crippen LogP contribution in [0.5, 0.6) is 0 Å². The number of likely N-dealkylation sites (tertiary alicyclic amines) is 1. The molecule has 2 fully saturated rings. The molecule has 5 heteroatoms. The third-order valence-electron chi connectivity index (χ3n) is 5.84. The largest absolute Gasteiger partial charge is 0.373 e.